The first-order valence-corrected chi connectivity index (χ1v) is 10.8. The van der Waals surface area contributed by atoms with Crippen molar-refractivity contribution >= 4 is 16.7 Å². The lowest BCUT2D eigenvalue weighted by Crippen LogP contribution is -2.37. The van der Waals surface area contributed by atoms with E-state index in [9.17, 15) is 0 Å². The number of nitrogens with one attached hydrogen (secondary N) is 2. The molecule has 0 saturated carbocycles. The number of hydrogen-bond acceptors (Lipinski definition) is 6. The number of aromatic nitrogens is 3. The molecule has 1 atom stereocenters. The molecule has 2 saturated heterocycles. The summed E-state index contributed by atoms with van der Waals surface area (Å²) < 4.78 is 5.55. The van der Waals surface area contributed by atoms with Crippen LogP contribution in [0.25, 0.3) is 22.2 Å². The van der Waals surface area contributed by atoms with Gasteiger partial charge in [-0.3, -0.25) is 4.90 Å². The van der Waals surface area contributed by atoms with Gasteiger partial charge in [0.25, 0.3) is 0 Å². The summed E-state index contributed by atoms with van der Waals surface area (Å²) in [5, 5.41) is 4.56. The molecule has 30 heavy (non-hydrogen) atoms. The van der Waals surface area contributed by atoms with Crippen LogP contribution in [0.1, 0.15) is 5.82 Å². The number of ether oxygens (including phenoxy) is 1. The molecule has 1 unspecified atom stereocenters. The van der Waals surface area contributed by atoms with Crippen LogP contribution in [0.4, 0.5) is 5.82 Å². The Bertz CT molecular complexity index is 1100. The van der Waals surface area contributed by atoms with Gasteiger partial charge in [-0.1, -0.05) is 12.1 Å². The van der Waals surface area contributed by atoms with E-state index >= 15 is 0 Å². The van der Waals surface area contributed by atoms with E-state index in [-0.39, 0.29) is 0 Å². The zero-order chi connectivity index (χ0) is 19.9. The van der Waals surface area contributed by atoms with Crippen LogP contribution in [0.5, 0.6) is 0 Å². The van der Waals surface area contributed by atoms with Gasteiger partial charge in [0.05, 0.1) is 25.5 Å². The van der Waals surface area contributed by atoms with Gasteiger partial charge in [-0.25, -0.2) is 9.97 Å². The quantitative estimate of drug-likeness (QED) is 0.698. The fourth-order valence-electron chi connectivity index (χ4n) is 4.85. The van der Waals surface area contributed by atoms with Gasteiger partial charge in [0.15, 0.2) is 0 Å². The minimum Gasteiger partial charge on any atom is -0.390 e. The van der Waals surface area contributed by atoms with Crippen molar-refractivity contribution in [1.29, 1.82) is 0 Å². The van der Waals surface area contributed by atoms with Crippen molar-refractivity contribution in [3.8, 4) is 11.3 Å². The SMILES string of the molecule is C1=C2CN(Cc3nc(-c4cccc5[nH]ccc45)cc(N4CCOCC4)n3)CC2CN1. The van der Waals surface area contributed by atoms with Gasteiger partial charge in [0.2, 0.25) is 0 Å². The molecule has 0 aliphatic carbocycles. The summed E-state index contributed by atoms with van der Waals surface area (Å²) in [4.78, 5) is 18.1. The van der Waals surface area contributed by atoms with Crippen LogP contribution in [0.2, 0.25) is 0 Å². The predicted octanol–water partition coefficient (Wildman–Crippen LogP) is 2.38. The number of benzene rings is 1. The van der Waals surface area contributed by atoms with Crippen molar-refractivity contribution < 1.29 is 4.74 Å². The average molecular weight is 403 g/mol. The molecule has 1 aromatic carbocycles. The third-order valence-electron chi connectivity index (χ3n) is 6.39. The lowest BCUT2D eigenvalue weighted by atomic mass is 10.1. The van der Waals surface area contributed by atoms with Gasteiger partial charge < -0.3 is 19.9 Å². The molecule has 3 aliphatic heterocycles. The van der Waals surface area contributed by atoms with Crippen molar-refractivity contribution in [1.82, 2.24) is 25.2 Å². The molecule has 7 heteroatoms. The molecule has 3 aliphatic rings. The van der Waals surface area contributed by atoms with Crippen LogP contribution >= 0.6 is 0 Å². The van der Waals surface area contributed by atoms with E-state index in [1.54, 1.807) is 0 Å². The van der Waals surface area contributed by atoms with E-state index in [2.05, 4.69) is 56.6 Å². The Kier molecular flexibility index (Phi) is 4.43. The van der Waals surface area contributed by atoms with E-state index in [0.717, 1.165) is 80.9 Å². The predicted molar refractivity (Wildman–Crippen MR) is 117 cm³/mol. The molecule has 2 aromatic heterocycles. The second kappa shape index (κ2) is 7.41. The summed E-state index contributed by atoms with van der Waals surface area (Å²) in [6, 6.07) is 10.6. The minimum absolute atomic E-state index is 0.639. The molecule has 0 radical (unpaired) electrons. The maximum atomic E-state index is 5.55. The summed E-state index contributed by atoms with van der Waals surface area (Å²) >= 11 is 0. The summed E-state index contributed by atoms with van der Waals surface area (Å²) in [7, 11) is 0. The first-order chi connectivity index (χ1) is 14.8. The average Bonchev–Trinajstić information content (AvgIpc) is 3.50. The van der Waals surface area contributed by atoms with Crippen molar-refractivity contribution in [2.45, 2.75) is 6.54 Å². The van der Waals surface area contributed by atoms with Crippen LogP contribution in [-0.4, -0.2) is 65.8 Å². The largest absolute Gasteiger partial charge is 0.390 e. The molecular formula is C23H26N6O. The molecular weight excluding hydrogens is 376 g/mol. The molecule has 7 nitrogen and oxygen atoms in total. The lowest BCUT2D eigenvalue weighted by Gasteiger charge is -2.28. The van der Waals surface area contributed by atoms with Crippen molar-refractivity contribution in [2.75, 3.05) is 50.8 Å². The first kappa shape index (κ1) is 17.9. The number of rotatable bonds is 4. The Morgan fingerprint density at radius 1 is 1.13 bits per heavy atom. The molecule has 6 rings (SSSR count). The third kappa shape index (κ3) is 3.24. The molecule has 2 N–H and O–H groups in total. The minimum atomic E-state index is 0.639. The second-order valence-corrected chi connectivity index (χ2v) is 8.37. The highest BCUT2D eigenvalue weighted by molar-refractivity contribution is 5.94. The van der Waals surface area contributed by atoms with Gasteiger partial charge >= 0.3 is 0 Å². The van der Waals surface area contributed by atoms with Gasteiger partial charge in [-0.2, -0.15) is 0 Å². The molecule has 154 valence electrons. The Morgan fingerprint density at radius 3 is 2.97 bits per heavy atom. The topological polar surface area (TPSA) is 69.3 Å². The molecule has 5 heterocycles. The summed E-state index contributed by atoms with van der Waals surface area (Å²) in [5.41, 5.74) is 4.79. The smallest absolute Gasteiger partial charge is 0.145 e. The van der Waals surface area contributed by atoms with Gasteiger partial charge in [0.1, 0.15) is 11.6 Å². The lowest BCUT2D eigenvalue weighted by molar-refractivity contribution is 0.122. The zero-order valence-electron chi connectivity index (χ0n) is 17.0. The maximum absolute atomic E-state index is 5.55. The molecule has 3 aromatic rings. The number of anilines is 1. The third-order valence-corrected chi connectivity index (χ3v) is 6.39. The Morgan fingerprint density at radius 2 is 2.07 bits per heavy atom. The maximum Gasteiger partial charge on any atom is 0.145 e. The first-order valence-electron chi connectivity index (χ1n) is 10.8. The number of hydrogen-bond donors (Lipinski definition) is 2. The van der Waals surface area contributed by atoms with E-state index < -0.39 is 0 Å². The Hall–Kier alpha value is -2.90. The van der Waals surface area contributed by atoms with Crippen LogP contribution in [0.3, 0.4) is 0 Å². The van der Waals surface area contributed by atoms with Crippen LogP contribution < -0.4 is 10.2 Å². The van der Waals surface area contributed by atoms with Crippen LogP contribution in [-0.2, 0) is 11.3 Å². The standard InChI is InChI=1S/C23H26N6O/c1-2-18(19-4-5-25-20(19)3-1)21-10-23(29-6-8-30-9-7-29)27-22(26-21)15-28-13-16-11-24-12-17(16)14-28/h1-5,10-11,17,24-25H,6-9,12-15H2. The fourth-order valence-corrected chi connectivity index (χ4v) is 4.85. The summed E-state index contributed by atoms with van der Waals surface area (Å²) in [6.45, 7) is 7.15. The van der Waals surface area contributed by atoms with Crippen molar-refractivity contribution in [3.63, 3.8) is 0 Å². The fraction of sp³-hybridized carbons (Fsp3) is 0.391. The number of likely N-dealkylation sites (tertiary alicyclic amines) is 1. The Balaban J connectivity index is 1.38. The molecule has 0 bridgehead atoms. The highest BCUT2D eigenvalue weighted by Crippen LogP contribution is 2.30. The van der Waals surface area contributed by atoms with Crippen molar-refractivity contribution in [3.05, 3.63) is 54.1 Å². The van der Waals surface area contributed by atoms with Gasteiger partial charge in [0, 0.05) is 67.4 Å². The molecule has 0 amide bonds. The number of fused-ring (bicyclic) bond motifs is 2. The number of morpholine rings is 1. The number of aromatic amines is 1. The van der Waals surface area contributed by atoms with E-state index in [1.165, 1.54) is 11.0 Å². The zero-order valence-corrected chi connectivity index (χ0v) is 17.0. The highest BCUT2D eigenvalue weighted by Gasteiger charge is 2.30. The number of H-pyrrole nitrogens is 1. The van der Waals surface area contributed by atoms with Gasteiger partial charge in [-0.05, 0) is 23.9 Å². The van der Waals surface area contributed by atoms with E-state index in [0.29, 0.717) is 5.92 Å². The molecule has 0 spiro atoms. The normalized spacial score (nSPS) is 21.7. The van der Waals surface area contributed by atoms with Gasteiger partial charge in [-0.15, -0.1) is 0 Å². The summed E-state index contributed by atoms with van der Waals surface area (Å²) in [6.07, 6.45) is 4.18. The van der Waals surface area contributed by atoms with E-state index in [1.807, 2.05) is 6.20 Å². The second-order valence-electron chi connectivity index (χ2n) is 8.37. The molecule has 2 fully saturated rings. The van der Waals surface area contributed by atoms with Crippen LogP contribution in [0, 0.1) is 5.92 Å². The highest BCUT2D eigenvalue weighted by atomic mass is 16.5. The van der Waals surface area contributed by atoms with E-state index in [4.69, 9.17) is 14.7 Å². The Labute approximate surface area is 175 Å². The van der Waals surface area contributed by atoms with Crippen molar-refractivity contribution in [2.24, 2.45) is 5.92 Å². The summed E-state index contributed by atoms with van der Waals surface area (Å²) in [5.74, 6) is 2.54. The monoisotopic (exact) mass is 402 g/mol. The van der Waals surface area contributed by atoms with Crippen LogP contribution in [0.15, 0.2) is 48.3 Å². The number of nitrogens with zero attached hydrogens (tertiary/aromatic N) is 4.